The zero-order valence-corrected chi connectivity index (χ0v) is 11.2. The number of carbonyl (C=O) groups excluding carboxylic acids is 1. The van der Waals surface area contributed by atoms with Crippen molar-refractivity contribution in [1.82, 2.24) is 0 Å². The smallest absolute Gasteiger partial charge is 0.414 e. The van der Waals surface area contributed by atoms with Crippen LogP contribution in [0.25, 0.3) is 0 Å². The van der Waals surface area contributed by atoms with E-state index in [4.69, 9.17) is 10.5 Å². The van der Waals surface area contributed by atoms with Crippen molar-refractivity contribution >= 4 is 11.8 Å². The van der Waals surface area contributed by atoms with Gasteiger partial charge in [-0.3, -0.25) is 4.90 Å². The van der Waals surface area contributed by atoms with Crippen molar-refractivity contribution in [3.63, 3.8) is 0 Å². The summed E-state index contributed by atoms with van der Waals surface area (Å²) in [5.74, 6) is 0. The van der Waals surface area contributed by atoms with Crippen molar-refractivity contribution in [2.75, 3.05) is 18.1 Å². The van der Waals surface area contributed by atoms with Gasteiger partial charge in [0, 0.05) is 0 Å². The average Bonchev–Trinajstić information content (AvgIpc) is 2.61. The minimum atomic E-state index is -0.261. The molecule has 0 saturated carbocycles. The monoisotopic (exact) mass is 248 g/mol. The highest BCUT2D eigenvalue weighted by Crippen LogP contribution is 2.31. The van der Waals surface area contributed by atoms with Crippen LogP contribution in [0, 0.1) is 20.8 Å². The van der Waals surface area contributed by atoms with Gasteiger partial charge in [0.05, 0.1) is 11.7 Å². The molecule has 1 amide bonds. The summed E-state index contributed by atoms with van der Waals surface area (Å²) in [4.78, 5) is 13.7. The number of hydrogen-bond donors (Lipinski definition) is 1. The normalized spacial score (nSPS) is 19.2. The summed E-state index contributed by atoms with van der Waals surface area (Å²) in [6.07, 6.45) is 0.502. The third-order valence-electron chi connectivity index (χ3n) is 3.34. The fraction of sp³-hybridized carbons (Fsp3) is 0.500. The first-order chi connectivity index (χ1) is 8.54. The fourth-order valence-corrected chi connectivity index (χ4v) is 2.69. The number of ether oxygens (including phenoxy) is 1. The van der Waals surface area contributed by atoms with Gasteiger partial charge in [-0.25, -0.2) is 4.79 Å². The molecule has 1 atom stereocenters. The number of benzene rings is 1. The van der Waals surface area contributed by atoms with E-state index in [-0.39, 0.29) is 12.1 Å². The zero-order valence-electron chi connectivity index (χ0n) is 11.2. The van der Waals surface area contributed by atoms with Gasteiger partial charge in [-0.15, -0.1) is 0 Å². The molecule has 4 heteroatoms. The molecular weight excluding hydrogens is 228 g/mol. The second kappa shape index (κ2) is 4.98. The number of anilines is 1. The van der Waals surface area contributed by atoms with Crippen LogP contribution in [0.1, 0.15) is 23.1 Å². The van der Waals surface area contributed by atoms with Crippen LogP contribution < -0.4 is 10.6 Å². The molecule has 2 rings (SSSR count). The molecule has 1 heterocycles. The van der Waals surface area contributed by atoms with E-state index in [1.807, 2.05) is 13.8 Å². The van der Waals surface area contributed by atoms with Crippen molar-refractivity contribution in [3.8, 4) is 0 Å². The van der Waals surface area contributed by atoms with Crippen LogP contribution in [0.15, 0.2) is 12.1 Å². The largest absolute Gasteiger partial charge is 0.447 e. The van der Waals surface area contributed by atoms with Crippen LogP contribution in [0.2, 0.25) is 0 Å². The molecule has 0 bridgehead atoms. The maximum Gasteiger partial charge on any atom is 0.414 e. The van der Waals surface area contributed by atoms with Crippen molar-refractivity contribution in [2.24, 2.45) is 5.73 Å². The first kappa shape index (κ1) is 12.9. The summed E-state index contributed by atoms with van der Waals surface area (Å²) < 4.78 is 5.16. The minimum absolute atomic E-state index is 0.0580. The van der Waals surface area contributed by atoms with Crippen LogP contribution in [0.5, 0.6) is 0 Å². The third kappa shape index (κ3) is 2.20. The summed E-state index contributed by atoms with van der Waals surface area (Å²) >= 11 is 0. The average molecular weight is 248 g/mol. The Morgan fingerprint density at radius 2 is 1.94 bits per heavy atom. The van der Waals surface area contributed by atoms with E-state index in [0.717, 1.165) is 23.2 Å². The predicted octanol–water partition coefficient (Wildman–Crippen LogP) is 2.29. The Morgan fingerprint density at radius 1 is 1.33 bits per heavy atom. The maximum absolute atomic E-state index is 11.9. The SMILES string of the molecule is Cc1cc(C)c(N2C(=O)OCC2CCN)c(C)c1. The number of amides is 1. The van der Waals surface area contributed by atoms with Crippen molar-refractivity contribution in [3.05, 3.63) is 28.8 Å². The molecule has 2 N–H and O–H groups in total. The molecule has 1 unspecified atom stereocenters. The second-order valence-corrected chi connectivity index (χ2v) is 4.93. The predicted molar refractivity (Wildman–Crippen MR) is 71.9 cm³/mol. The van der Waals surface area contributed by atoms with Crippen LogP contribution in [0.4, 0.5) is 10.5 Å². The third-order valence-corrected chi connectivity index (χ3v) is 3.34. The van der Waals surface area contributed by atoms with E-state index in [9.17, 15) is 4.79 Å². The molecule has 1 aliphatic heterocycles. The molecule has 1 aliphatic rings. The van der Waals surface area contributed by atoms with Gasteiger partial charge in [0.2, 0.25) is 0 Å². The number of rotatable bonds is 3. The number of aryl methyl sites for hydroxylation is 3. The topological polar surface area (TPSA) is 55.6 Å². The lowest BCUT2D eigenvalue weighted by Gasteiger charge is -2.25. The Morgan fingerprint density at radius 3 is 2.50 bits per heavy atom. The Hall–Kier alpha value is -1.55. The lowest BCUT2D eigenvalue weighted by molar-refractivity contribution is 0.178. The summed E-state index contributed by atoms with van der Waals surface area (Å²) in [6, 6.07) is 4.24. The number of carbonyl (C=O) groups is 1. The van der Waals surface area contributed by atoms with Crippen molar-refractivity contribution in [1.29, 1.82) is 0 Å². The van der Waals surface area contributed by atoms with Gasteiger partial charge in [0.25, 0.3) is 0 Å². The summed E-state index contributed by atoms with van der Waals surface area (Å²) in [5.41, 5.74) is 9.99. The molecule has 0 aliphatic carbocycles. The first-order valence-corrected chi connectivity index (χ1v) is 6.28. The number of nitrogens with two attached hydrogens (primary N) is 1. The standard InChI is InChI=1S/C14H20N2O2/c1-9-6-10(2)13(11(3)7-9)16-12(4-5-15)8-18-14(16)17/h6-7,12H,4-5,8,15H2,1-3H3. The van der Waals surface area contributed by atoms with Gasteiger partial charge >= 0.3 is 6.09 Å². The van der Waals surface area contributed by atoms with E-state index in [0.29, 0.717) is 13.2 Å². The second-order valence-electron chi connectivity index (χ2n) is 4.93. The minimum Gasteiger partial charge on any atom is -0.447 e. The molecule has 4 nitrogen and oxygen atoms in total. The molecule has 0 aromatic heterocycles. The Labute approximate surface area is 108 Å². The molecule has 0 radical (unpaired) electrons. The molecular formula is C14H20N2O2. The molecule has 18 heavy (non-hydrogen) atoms. The number of hydrogen-bond acceptors (Lipinski definition) is 3. The molecule has 98 valence electrons. The van der Waals surface area contributed by atoms with E-state index < -0.39 is 0 Å². The van der Waals surface area contributed by atoms with E-state index >= 15 is 0 Å². The van der Waals surface area contributed by atoms with Gasteiger partial charge in [0.15, 0.2) is 0 Å². The van der Waals surface area contributed by atoms with Crippen LogP contribution in [0.3, 0.4) is 0 Å². The van der Waals surface area contributed by atoms with Crippen LogP contribution >= 0.6 is 0 Å². The van der Waals surface area contributed by atoms with Crippen molar-refractivity contribution < 1.29 is 9.53 Å². The number of cyclic esters (lactones) is 1. The first-order valence-electron chi connectivity index (χ1n) is 6.28. The summed E-state index contributed by atoms with van der Waals surface area (Å²) in [7, 11) is 0. The zero-order chi connectivity index (χ0) is 13.3. The molecule has 0 spiro atoms. The van der Waals surface area contributed by atoms with Crippen LogP contribution in [-0.4, -0.2) is 25.3 Å². The quantitative estimate of drug-likeness (QED) is 0.892. The van der Waals surface area contributed by atoms with Crippen molar-refractivity contribution in [2.45, 2.75) is 33.2 Å². The lowest BCUT2D eigenvalue weighted by Crippen LogP contribution is -2.36. The highest BCUT2D eigenvalue weighted by atomic mass is 16.6. The van der Waals surface area contributed by atoms with E-state index in [2.05, 4.69) is 19.1 Å². The Kier molecular flexibility index (Phi) is 3.57. The highest BCUT2D eigenvalue weighted by molar-refractivity contribution is 5.92. The Balaban J connectivity index is 2.43. The highest BCUT2D eigenvalue weighted by Gasteiger charge is 2.35. The molecule has 1 fully saturated rings. The van der Waals surface area contributed by atoms with Gasteiger partial charge in [-0.1, -0.05) is 17.7 Å². The molecule has 1 aromatic carbocycles. The maximum atomic E-state index is 11.9. The van der Waals surface area contributed by atoms with Gasteiger partial charge in [-0.05, 0) is 44.9 Å². The molecule has 1 saturated heterocycles. The van der Waals surface area contributed by atoms with Gasteiger partial charge < -0.3 is 10.5 Å². The lowest BCUT2D eigenvalue weighted by atomic mass is 10.0. The summed E-state index contributed by atoms with van der Waals surface area (Å²) in [5, 5.41) is 0. The summed E-state index contributed by atoms with van der Waals surface area (Å²) in [6.45, 7) is 7.11. The fourth-order valence-electron chi connectivity index (χ4n) is 2.69. The van der Waals surface area contributed by atoms with Crippen LogP contribution in [-0.2, 0) is 4.74 Å². The van der Waals surface area contributed by atoms with E-state index in [1.54, 1.807) is 4.90 Å². The Bertz CT molecular complexity index is 448. The molecule has 1 aromatic rings. The van der Waals surface area contributed by atoms with Gasteiger partial charge in [-0.2, -0.15) is 0 Å². The number of nitrogens with zero attached hydrogens (tertiary/aromatic N) is 1. The van der Waals surface area contributed by atoms with E-state index in [1.165, 1.54) is 5.56 Å². The van der Waals surface area contributed by atoms with Gasteiger partial charge in [0.1, 0.15) is 6.61 Å².